The number of hydrogen-bond acceptors (Lipinski definition) is 4. The molecule has 2 aromatic carbocycles. The molecule has 0 amide bonds. The smallest absolute Gasteiger partial charge is 1.00 e. The topological polar surface area (TPSA) is 40.2 Å². The summed E-state index contributed by atoms with van der Waals surface area (Å²) in [6.07, 6.45) is 1.88. The van der Waals surface area contributed by atoms with Crippen LogP contribution in [0.4, 0.5) is 11.4 Å². The summed E-state index contributed by atoms with van der Waals surface area (Å²) in [5.41, 5.74) is 11.5. The molecule has 1 heterocycles. The van der Waals surface area contributed by atoms with E-state index >= 15 is 0 Å². The average Bonchev–Trinajstić information content (AvgIpc) is 2.72. The van der Waals surface area contributed by atoms with E-state index in [-0.39, 0.29) is 44.6 Å². The average molecular weight is 692 g/mol. The molecule has 192 valence electrons. The minimum absolute atomic E-state index is 0. The van der Waals surface area contributed by atoms with Gasteiger partial charge in [-0.15, -0.1) is 0 Å². The molecule has 0 radical (unpaired) electrons. The molecule has 0 spiro atoms. The third kappa shape index (κ3) is 10.1. The molecule has 0 unspecified atom stereocenters. The van der Waals surface area contributed by atoms with E-state index in [1.54, 1.807) is 0 Å². The number of aromatic nitrogens is 1. The molecule has 35 heavy (non-hydrogen) atoms. The van der Waals surface area contributed by atoms with Gasteiger partial charge in [-0.3, -0.25) is 9.88 Å². The monoisotopic (exact) mass is 692 g/mol. The zero-order chi connectivity index (χ0) is 23.1. The summed E-state index contributed by atoms with van der Waals surface area (Å²) < 4.78 is 0. The Kier molecular flexibility index (Phi) is 15.4. The molecule has 0 aliphatic carbocycles. The van der Waals surface area contributed by atoms with E-state index in [4.69, 9.17) is 0 Å². The van der Waals surface area contributed by atoms with Crippen molar-refractivity contribution in [2.24, 2.45) is 0 Å². The quantitative estimate of drug-likeness (QED) is 0.314. The largest absolute Gasteiger partial charge is 2.00 e. The number of anilines is 2. The number of rotatable bonds is 10. The van der Waals surface area contributed by atoms with Gasteiger partial charge in [0.25, 0.3) is 0 Å². The molecule has 0 aliphatic rings. The van der Waals surface area contributed by atoms with Gasteiger partial charge in [0.2, 0.25) is 0 Å². The van der Waals surface area contributed by atoms with Crippen molar-refractivity contribution >= 4 is 11.4 Å². The van der Waals surface area contributed by atoms with Gasteiger partial charge in [0.1, 0.15) is 0 Å². The van der Waals surface area contributed by atoms with Crippen LogP contribution in [-0.2, 0) is 26.3 Å². The first-order chi connectivity index (χ1) is 15.3. The van der Waals surface area contributed by atoms with E-state index in [2.05, 4.69) is 98.5 Å². The van der Waals surface area contributed by atoms with E-state index in [9.17, 15) is 0 Å². The molecule has 4 nitrogen and oxygen atoms in total. The van der Waals surface area contributed by atoms with Crippen LogP contribution in [0.15, 0.2) is 48.7 Å². The van der Waals surface area contributed by atoms with E-state index < -0.39 is 0 Å². The molecule has 3 rings (SSSR count). The Morgan fingerprint density at radius 1 is 0.686 bits per heavy atom. The van der Waals surface area contributed by atoms with Crippen LogP contribution in [0.5, 0.6) is 0 Å². The van der Waals surface area contributed by atoms with Gasteiger partial charge in [-0.25, -0.2) is 0 Å². The number of aryl methyl sites for hydroxylation is 6. The van der Waals surface area contributed by atoms with Crippen molar-refractivity contribution in [3.63, 3.8) is 0 Å². The molecule has 0 fully saturated rings. The molecule has 0 bridgehead atoms. The van der Waals surface area contributed by atoms with Crippen LogP contribution in [0, 0.1) is 41.5 Å². The van der Waals surface area contributed by atoms with Crippen molar-refractivity contribution in [1.82, 2.24) is 9.88 Å². The van der Waals surface area contributed by atoms with Crippen molar-refractivity contribution in [3.8, 4) is 0 Å². The SMILES string of the molecule is Cc1cc(C)c(NCCN(CCNc2c(C)cc(C)cc2C)Cc2ccccn2)c(C)c1.[Cl-].[Cl-].[Os+2]. The van der Waals surface area contributed by atoms with Crippen LogP contribution in [0.2, 0.25) is 0 Å². The summed E-state index contributed by atoms with van der Waals surface area (Å²) in [5, 5.41) is 7.35. The molecule has 0 saturated heterocycles. The molecule has 2 N–H and O–H groups in total. The van der Waals surface area contributed by atoms with Gasteiger partial charge < -0.3 is 35.4 Å². The summed E-state index contributed by atoms with van der Waals surface area (Å²) in [6, 6.07) is 15.1. The first kappa shape index (κ1) is 33.4. The Balaban J connectivity index is 0.00000385. The van der Waals surface area contributed by atoms with Gasteiger partial charge in [0.05, 0.1) is 5.69 Å². The molecule has 1 aromatic heterocycles. The predicted molar refractivity (Wildman–Crippen MR) is 138 cm³/mol. The number of hydrogen-bond donors (Lipinski definition) is 2. The second kappa shape index (κ2) is 16.2. The summed E-state index contributed by atoms with van der Waals surface area (Å²) in [6.45, 7) is 17.6. The third-order valence-electron chi connectivity index (χ3n) is 5.93. The predicted octanol–water partition coefficient (Wildman–Crippen LogP) is -0.0362. The minimum Gasteiger partial charge on any atom is -1.00 e. The Labute approximate surface area is 237 Å². The van der Waals surface area contributed by atoms with Crippen LogP contribution in [0.3, 0.4) is 0 Å². The second-order valence-corrected chi connectivity index (χ2v) is 9.00. The van der Waals surface area contributed by atoms with Gasteiger partial charge in [0.15, 0.2) is 0 Å². The summed E-state index contributed by atoms with van der Waals surface area (Å²) in [4.78, 5) is 7.02. The molecular weight excluding hydrogens is 653 g/mol. The molecule has 7 heteroatoms. The molecule has 0 aliphatic heterocycles. The van der Waals surface area contributed by atoms with Gasteiger partial charge >= 0.3 is 19.8 Å². The standard InChI is InChI=1S/C28H38N4.2ClH.Os/c1-20-15-22(3)27(23(4)16-20)30-11-13-32(19-26-9-7-8-10-29-26)14-12-31-28-24(5)17-21(2)18-25(28)6;;;/h7-10,15-18,30-31H,11-14,19H2,1-6H3;2*1H;/q;;;+2/p-2. The Morgan fingerprint density at radius 3 is 1.49 bits per heavy atom. The summed E-state index contributed by atoms with van der Waals surface area (Å²) >= 11 is 0. The normalized spacial score (nSPS) is 10.1. The van der Waals surface area contributed by atoms with E-state index in [0.29, 0.717) is 0 Å². The number of nitrogens with one attached hydrogen (secondary N) is 2. The first-order valence-corrected chi connectivity index (χ1v) is 11.6. The van der Waals surface area contributed by atoms with Crippen LogP contribution < -0.4 is 35.4 Å². The van der Waals surface area contributed by atoms with Crippen molar-refractivity contribution in [2.75, 3.05) is 36.8 Å². The molecule has 0 atom stereocenters. The summed E-state index contributed by atoms with van der Waals surface area (Å²) in [5.74, 6) is 0. The Hall–Kier alpha value is -1.63. The maximum Gasteiger partial charge on any atom is 2.00 e. The fraction of sp³-hybridized carbons (Fsp3) is 0.393. The fourth-order valence-electron chi connectivity index (χ4n) is 4.59. The number of nitrogens with zero attached hydrogens (tertiary/aromatic N) is 2. The van der Waals surface area contributed by atoms with Crippen molar-refractivity contribution in [2.45, 2.75) is 48.1 Å². The number of halogens is 2. The maximum absolute atomic E-state index is 4.54. The first-order valence-electron chi connectivity index (χ1n) is 11.6. The molecule has 3 aromatic rings. The van der Waals surface area contributed by atoms with Crippen molar-refractivity contribution < 1.29 is 44.6 Å². The fourth-order valence-corrected chi connectivity index (χ4v) is 4.59. The number of benzene rings is 2. The number of pyridine rings is 1. The van der Waals surface area contributed by atoms with Crippen LogP contribution in [0.25, 0.3) is 0 Å². The maximum atomic E-state index is 4.54. The Morgan fingerprint density at radius 2 is 1.11 bits per heavy atom. The second-order valence-electron chi connectivity index (χ2n) is 9.00. The minimum atomic E-state index is 0. The van der Waals surface area contributed by atoms with Crippen molar-refractivity contribution in [1.29, 1.82) is 0 Å². The van der Waals surface area contributed by atoms with E-state index in [0.717, 1.165) is 38.4 Å². The van der Waals surface area contributed by atoms with Crippen LogP contribution >= 0.6 is 0 Å². The zero-order valence-electron chi connectivity index (χ0n) is 21.7. The Bertz CT molecular complexity index is 935. The third-order valence-corrected chi connectivity index (χ3v) is 5.93. The van der Waals surface area contributed by atoms with Gasteiger partial charge in [-0.2, -0.15) is 0 Å². The summed E-state index contributed by atoms with van der Waals surface area (Å²) in [7, 11) is 0. The van der Waals surface area contributed by atoms with Crippen molar-refractivity contribution in [3.05, 3.63) is 87.7 Å². The van der Waals surface area contributed by atoms with E-state index in [1.807, 2.05) is 12.3 Å². The van der Waals surface area contributed by atoms with Crippen LogP contribution in [-0.4, -0.2) is 36.1 Å². The molecular formula is C28H38Cl2N4Os. The van der Waals surface area contributed by atoms with Gasteiger partial charge in [0, 0.05) is 50.3 Å². The molecule has 0 saturated carbocycles. The van der Waals surface area contributed by atoms with Gasteiger partial charge in [-0.05, 0) is 75.9 Å². The zero-order valence-corrected chi connectivity index (χ0v) is 25.7. The van der Waals surface area contributed by atoms with Crippen LogP contribution in [0.1, 0.15) is 39.1 Å². The van der Waals surface area contributed by atoms with E-state index in [1.165, 1.54) is 44.8 Å². The van der Waals surface area contributed by atoms with Gasteiger partial charge in [-0.1, -0.05) is 41.5 Å².